The molecular formula is C15H17F2N3O2. The highest BCUT2D eigenvalue weighted by atomic mass is 19.1. The third-order valence-corrected chi connectivity index (χ3v) is 3.58. The van der Waals surface area contributed by atoms with Crippen LogP contribution in [0.2, 0.25) is 0 Å². The number of nitrogens with zero attached hydrogens (tertiary/aromatic N) is 2. The number of likely N-dealkylation sites (N-methyl/N-ethyl adjacent to an activating group) is 1. The maximum Gasteiger partial charge on any atom is 0.251 e. The fraction of sp³-hybridized carbons (Fsp3) is 0.467. The monoisotopic (exact) mass is 309 g/mol. The molecule has 0 saturated carbocycles. The lowest BCUT2D eigenvalue weighted by Crippen LogP contribution is -2.50. The minimum atomic E-state index is -1.19. The molecule has 0 bridgehead atoms. The highest BCUT2D eigenvalue weighted by Crippen LogP contribution is 2.18. The summed E-state index contributed by atoms with van der Waals surface area (Å²) < 4.78 is 32.0. The predicted octanol–water partition coefficient (Wildman–Crippen LogP) is 1.37. The summed E-state index contributed by atoms with van der Waals surface area (Å²) in [4.78, 5) is 14.2. The molecule has 0 spiro atoms. The number of hydrogen-bond acceptors (Lipinski definition) is 4. The van der Waals surface area contributed by atoms with Gasteiger partial charge in [0.1, 0.15) is 23.8 Å². The number of nitrogens with one attached hydrogen (secondary N) is 1. The summed E-state index contributed by atoms with van der Waals surface area (Å²) in [5.41, 5.74) is -0.0691. The first-order chi connectivity index (χ1) is 10.5. The van der Waals surface area contributed by atoms with Gasteiger partial charge in [0.05, 0.1) is 12.7 Å². The number of carbonyl (C=O) groups excluding carboxylic acids is 1. The number of nitriles is 1. The predicted molar refractivity (Wildman–Crippen MR) is 74.7 cm³/mol. The van der Waals surface area contributed by atoms with Crippen LogP contribution in [0.1, 0.15) is 18.5 Å². The molecule has 0 unspecified atom stereocenters. The van der Waals surface area contributed by atoms with Crippen molar-refractivity contribution in [1.29, 1.82) is 5.26 Å². The van der Waals surface area contributed by atoms with E-state index >= 15 is 0 Å². The molecule has 1 saturated heterocycles. The van der Waals surface area contributed by atoms with Gasteiger partial charge >= 0.3 is 0 Å². The van der Waals surface area contributed by atoms with E-state index in [1.54, 1.807) is 0 Å². The molecule has 1 amide bonds. The molecule has 1 N–H and O–H groups in total. The molecular weight excluding hydrogens is 292 g/mol. The Kier molecular flexibility index (Phi) is 5.41. The molecule has 0 aliphatic carbocycles. The number of benzene rings is 1. The summed E-state index contributed by atoms with van der Waals surface area (Å²) in [6.07, 6.45) is -0.701. The highest BCUT2D eigenvalue weighted by molar-refractivity contribution is 5.82. The Morgan fingerprint density at radius 2 is 2.36 bits per heavy atom. The Labute approximate surface area is 127 Å². The van der Waals surface area contributed by atoms with Gasteiger partial charge in [0.15, 0.2) is 0 Å². The number of hydrogen-bond donors (Lipinski definition) is 1. The summed E-state index contributed by atoms with van der Waals surface area (Å²) in [7, 11) is 0. The topological polar surface area (TPSA) is 65.4 Å². The SMILES string of the molecule is CCN1CCO[C@H](C(=O)N[C@@H](C#N)c2ccc(F)cc2F)C1. The smallest absolute Gasteiger partial charge is 0.251 e. The van der Waals surface area contributed by atoms with Gasteiger partial charge in [-0.15, -0.1) is 0 Å². The molecule has 2 rings (SSSR count). The van der Waals surface area contributed by atoms with E-state index in [1.165, 1.54) is 0 Å². The fourth-order valence-electron chi connectivity index (χ4n) is 2.30. The van der Waals surface area contributed by atoms with Gasteiger partial charge in [0, 0.05) is 24.7 Å². The molecule has 1 fully saturated rings. The molecule has 1 heterocycles. The summed E-state index contributed by atoms with van der Waals surface area (Å²) in [5, 5.41) is 11.6. The zero-order valence-corrected chi connectivity index (χ0v) is 12.2. The van der Waals surface area contributed by atoms with E-state index in [0.29, 0.717) is 19.2 Å². The Bertz CT molecular complexity index is 589. The van der Waals surface area contributed by atoms with Crippen molar-refractivity contribution in [3.05, 3.63) is 35.4 Å². The first-order valence-electron chi connectivity index (χ1n) is 7.04. The lowest BCUT2D eigenvalue weighted by Gasteiger charge is -2.31. The van der Waals surface area contributed by atoms with Crippen LogP contribution in [0.3, 0.4) is 0 Å². The Morgan fingerprint density at radius 1 is 1.59 bits per heavy atom. The van der Waals surface area contributed by atoms with E-state index in [-0.39, 0.29) is 5.56 Å². The van der Waals surface area contributed by atoms with E-state index in [0.717, 1.165) is 25.2 Å². The molecule has 1 aromatic carbocycles. The van der Waals surface area contributed by atoms with Gasteiger partial charge in [0.2, 0.25) is 0 Å². The average Bonchev–Trinajstić information content (AvgIpc) is 2.53. The zero-order valence-electron chi connectivity index (χ0n) is 12.2. The van der Waals surface area contributed by atoms with Crippen LogP contribution >= 0.6 is 0 Å². The van der Waals surface area contributed by atoms with Gasteiger partial charge in [-0.2, -0.15) is 5.26 Å². The van der Waals surface area contributed by atoms with Crippen LogP contribution in [0.4, 0.5) is 8.78 Å². The van der Waals surface area contributed by atoms with Crippen LogP contribution in [0.25, 0.3) is 0 Å². The van der Waals surface area contributed by atoms with Crippen LogP contribution < -0.4 is 5.32 Å². The average molecular weight is 309 g/mol. The van der Waals surface area contributed by atoms with Gasteiger partial charge in [-0.1, -0.05) is 13.0 Å². The summed E-state index contributed by atoms with van der Waals surface area (Å²) in [5.74, 6) is -2.08. The van der Waals surface area contributed by atoms with Crippen molar-refractivity contribution in [3.8, 4) is 6.07 Å². The van der Waals surface area contributed by atoms with Crippen molar-refractivity contribution in [2.75, 3.05) is 26.2 Å². The minimum absolute atomic E-state index is 0.0691. The van der Waals surface area contributed by atoms with Gasteiger partial charge in [0.25, 0.3) is 5.91 Å². The summed E-state index contributed by atoms with van der Waals surface area (Å²) in [6.45, 7) is 4.36. The molecule has 1 aliphatic rings. The molecule has 118 valence electrons. The van der Waals surface area contributed by atoms with E-state index < -0.39 is 29.7 Å². The van der Waals surface area contributed by atoms with Gasteiger partial charge < -0.3 is 10.1 Å². The first-order valence-corrected chi connectivity index (χ1v) is 7.04. The van der Waals surface area contributed by atoms with E-state index in [4.69, 9.17) is 10.00 Å². The minimum Gasteiger partial charge on any atom is -0.366 e. The Balaban J connectivity index is 2.06. The summed E-state index contributed by atoms with van der Waals surface area (Å²) in [6, 6.07) is 3.50. The lowest BCUT2D eigenvalue weighted by atomic mass is 10.1. The van der Waals surface area contributed by atoms with E-state index in [1.807, 2.05) is 17.9 Å². The number of halogens is 2. The maximum atomic E-state index is 13.7. The van der Waals surface area contributed by atoms with Crippen LogP contribution in [-0.2, 0) is 9.53 Å². The fourth-order valence-corrected chi connectivity index (χ4v) is 2.30. The molecule has 5 nitrogen and oxygen atoms in total. The molecule has 0 aromatic heterocycles. The second-order valence-corrected chi connectivity index (χ2v) is 4.99. The lowest BCUT2D eigenvalue weighted by molar-refractivity contribution is -0.138. The molecule has 0 radical (unpaired) electrons. The number of morpholine rings is 1. The Morgan fingerprint density at radius 3 is 3.00 bits per heavy atom. The van der Waals surface area contributed by atoms with Gasteiger partial charge in [-0.05, 0) is 12.6 Å². The molecule has 1 aromatic rings. The van der Waals surface area contributed by atoms with Crippen molar-refractivity contribution in [2.45, 2.75) is 19.1 Å². The van der Waals surface area contributed by atoms with Gasteiger partial charge in [-0.25, -0.2) is 8.78 Å². The van der Waals surface area contributed by atoms with Crippen molar-refractivity contribution in [3.63, 3.8) is 0 Å². The number of rotatable bonds is 4. The molecule has 2 atom stereocenters. The van der Waals surface area contributed by atoms with Crippen LogP contribution in [0.5, 0.6) is 0 Å². The van der Waals surface area contributed by atoms with Crippen molar-refractivity contribution < 1.29 is 18.3 Å². The number of amides is 1. The standard InChI is InChI=1S/C15H17F2N3O2/c1-2-20-5-6-22-14(9-20)15(21)19-13(8-18)11-4-3-10(16)7-12(11)17/h3-4,7,13-14H,2,5-6,9H2,1H3,(H,19,21)/t13-,14-/m0/s1. The van der Waals surface area contributed by atoms with E-state index in [9.17, 15) is 13.6 Å². The largest absolute Gasteiger partial charge is 0.366 e. The van der Waals surface area contributed by atoms with Crippen LogP contribution in [0.15, 0.2) is 18.2 Å². The van der Waals surface area contributed by atoms with Gasteiger partial charge in [-0.3, -0.25) is 9.69 Å². The number of ether oxygens (including phenoxy) is 1. The maximum absolute atomic E-state index is 13.7. The normalized spacial score (nSPS) is 20.2. The van der Waals surface area contributed by atoms with Crippen molar-refractivity contribution in [2.24, 2.45) is 0 Å². The van der Waals surface area contributed by atoms with Crippen molar-refractivity contribution in [1.82, 2.24) is 10.2 Å². The highest BCUT2D eigenvalue weighted by Gasteiger charge is 2.28. The van der Waals surface area contributed by atoms with Crippen LogP contribution in [-0.4, -0.2) is 43.2 Å². The summed E-state index contributed by atoms with van der Waals surface area (Å²) >= 11 is 0. The first kappa shape index (κ1) is 16.3. The third kappa shape index (κ3) is 3.78. The molecule has 1 aliphatic heterocycles. The third-order valence-electron chi connectivity index (χ3n) is 3.58. The number of carbonyl (C=O) groups is 1. The van der Waals surface area contributed by atoms with E-state index in [2.05, 4.69) is 5.32 Å². The second-order valence-electron chi connectivity index (χ2n) is 4.99. The van der Waals surface area contributed by atoms with Crippen molar-refractivity contribution >= 4 is 5.91 Å². The molecule has 22 heavy (non-hydrogen) atoms. The Hall–Kier alpha value is -2.04. The second kappa shape index (κ2) is 7.29. The van der Waals surface area contributed by atoms with Crippen LogP contribution in [0, 0.1) is 23.0 Å². The quantitative estimate of drug-likeness (QED) is 0.912. The molecule has 7 heteroatoms. The zero-order chi connectivity index (χ0) is 16.1.